The van der Waals surface area contributed by atoms with Crippen molar-refractivity contribution in [2.24, 2.45) is 0 Å². The monoisotopic (exact) mass is 317 g/mol. The van der Waals surface area contributed by atoms with Crippen molar-refractivity contribution in [2.75, 3.05) is 4.90 Å². The van der Waals surface area contributed by atoms with E-state index in [1.165, 1.54) is 16.7 Å². The molecule has 2 nitrogen and oxygen atoms in total. The van der Waals surface area contributed by atoms with E-state index >= 15 is 0 Å². The van der Waals surface area contributed by atoms with Gasteiger partial charge in [0.2, 0.25) is 0 Å². The number of benzene rings is 3. The molecule has 0 atom stereocenters. The molecule has 0 unspecified atom stereocenters. The van der Waals surface area contributed by atoms with Crippen LogP contribution in [0.5, 0.6) is 0 Å². The zero-order valence-corrected chi connectivity index (χ0v) is 14.0. The van der Waals surface area contributed by atoms with Gasteiger partial charge in [0.15, 0.2) is 0 Å². The van der Waals surface area contributed by atoms with Gasteiger partial charge < -0.3 is 10.0 Å². The van der Waals surface area contributed by atoms with Gasteiger partial charge in [-0.3, -0.25) is 0 Å². The number of aliphatic hydroxyl groups excluding tert-OH is 1. The molecule has 0 heterocycles. The first kappa shape index (κ1) is 16.3. The standard InChI is InChI=1S/C22H23NO/c1-18-12-13-22(21(14-18)17-24)23(15-19-8-4-2-5-9-19)16-20-10-6-3-7-11-20/h2-14,24H,15-17H2,1H3. The second-order valence-electron chi connectivity index (χ2n) is 6.12. The molecule has 0 amide bonds. The summed E-state index contributed by atoms with van der Waals surface area (Å²) in [6.07, 6.45) is 0. The van der Waals surface area contributed by atoms with Gasteiger partial charge in [-0.1, -0.05) is 78.4 Å². The molecule has 0 spiro atoms. The molecular formula is C22H23NO. The summed E-state index contributed by atoms with van der Waals surface area (Å²) in [4.78, 5) is 2.33. The summed E-state index contributed by atoms with van der Waals surface area (Å²) >= 11 is 0. The van der Waals surface area contributed by atoms with E-state index in [0.29, 0.717) is 0 Å². The first-order valence-electron chi connectivity index (χ1n) is 8.29. The lowest BCUT2D eigenvalue weighted by atomic mass is 10.1. The van der Waals surface area contributed by atoms with Gasteiger partial charge in [0, 0.05) is 24.3 Å². The summed E-state index contributed by atoms with van der Waals surface area (Å²) in [6.45, 7) is 3.73. The fraction of sp³-hybridized carbons (Fsp3) is 0.182. The van der Waals surface area contributed by atoms with Crippen LogP contribution in [0, 0.1) is 6.92 Å². The molecule has 1 N–H and O–H groups in total. The normalized spacial score (nSPS) is 10.6. The van der Waals surface area contributed by atoms with Gasteiger partial charge >= 0.3 is 0 Å². The fourth-order valence-electron chi connectivity index (χ4n) is 2.98. The molecule has 0 radical (unpaired) electrons. The highest BCUT2D eigenvalue weighted by Gasteiger charge is 2.12. The van der Waals surface area contributed by atoms with Crippen molar-refractivity contribution in [1.29, 1.82) is 0 Å². The summed E-state index contributed by atoms with van der Waals surface area (Å²) in [7, 11) is 0. The Kier molecular flexibility index (Phi) is 5.29. The number of hydrogen-bond acceptors (Lipinski definition) is 2. The minimum Gasteiger partial charge on any atom is -0.392 e. The zero-order chi connectivity index (χ0) is 16.8. The average molecular weight is 317 g/mol. The topological polar surface area (TPSA) is 23.5 Å². The Morgan fingerprint density at radius 3 is 1.79 bits per heavy atom. The number of aliphatic hydroxyl groups is 1. The molecule has 0 bridgehead atoms. The van der Waals surface area contributed by atoms with Gasteiger partial charge in [-0.2, -0.15) is 0 Å². The summed E-state index contributed by atoms with van der Waals surface area (Å²) < 4.78 is 0. The van der Waals surface area contributed by atoms with Crippen molar-refractivity contribution in [1.82, 2.24) is 0 Å². The van der Waals surface area contributed by atoms with Crippen molar-refractivity contribution in [3.8, 4) is 0 Å². The lowest BCUT2D eigenvalue weighted by Gasteiger charge is -2.27. The molecule has 3 aromatic rings. The summed E-state index contributed by atoms with van der Waals surface area (Å²) in [5, 5.41) is 9.80. The molecule has 2 heteroatoms. The summed E-state index contributed by atoms with van der Waals surface area (Å²) in [5.41, 5.74) is 5.76. The maximum absolute atomic E-state index is 9.80. The van der Waals surface area contributed by atoms with Gasteiger partial charge in [-0.15, -0.1) is 0 Å². The largest absolute Gasteiger partial charge is 0.392 e. The predicted octanol–water partition coefficient (Wildman–Crippen LogP) is 4.69. The van der Waals surface area contributed by atoms with E-state index in [9.17, 15) is 5.11 Å². The third kappa shape index (κ3) is 4.03. The first-order chi connectivity index (χ1) is 11.8. The maximum atomic E-state index is 9.80. The van der Waals surface area contributed by atoms with E-state index in [1.54, 1.807) is 0 Å². The minimum atomic E-state index is 0.0527. The zero-order valence-electron chi connectivity index (χ0n) is 14.0. The Morgan fingerprint density at radius 2 is 1.29 bits per heavy atom. The van der Waals surface area contributed by atoms with Gasteiger partial charge in [-0.05, 0) is 24.1 Å². The Balaban J connectivity index is 1.95. The predicted molar refractivity (Wildman–Crippen MR) is 99.9 cm³/mol. The molecule has 0 aliphatic rings. The van der Waals surface area contributed by atoms with Gasteiger partial charge in [-0.25, -0.2) is 0 Å². The van der Waals surface area contributed by atoms with Crippen LogP contribution in [-0.4, -0.2) is 5.11 Å². The Labute approximate surface area is 144 Å². The SMILES string of the molecule is Cc1ccc(N(Cc2ccccc2)Cc2ccccc2)c(CO)c1. The molecule has 0 aliphatic carbocycles. The van der Waals surface area contributed by atoms with Crippen molar-refractivity contribution in [3.05, 3.63) is 101 Å². The van der Waals surface area contributed by atoms with Crippen LogP contribution < -0.4 is 4.90 Å². The third-order valence-electron chi connectivity index (χ3n) is 4.18. The van der Waals surface area contributed by atoms with Crippen LogP contribution in [0.3, 0.4) is 0 Å². The van der Waals surface area contributed by atoms with Crippen LogP contribution in [0.4, 0.5) is 5.69 Å². The molecule has 24 heavy (non-hydrogen) atoms. The molecule has 0 aliphatic heterocycles. The van der Waals surface area contributed by atoms with E-state index < -0.39 is 0 Å². The minimum absolute atomic E-state index is 0.0527. The second-order valence-corrected chi connectivity index (χ2v) is 6.12. The highest BCUT2D eigenvalue weighted by atomic mass is 16.3. The molecular weight excluding hydrogens is 294 g/mol. The third-order valence-corrected chi connectivity index (χ3v) is 4.18. The van der Waals surface area contributed by atoms with E-state index in [2.05, 4.69) is 78.6 Å². The van der Waals surface area contributed by atoms with Crippen LogP contribution >= 0.6 is 0 Å². The fourth-order valence-corrected chi connectivity index (χ4v) is 2.98. The molecule has 0 saturated carbocycles. The highest BCUT2D eigenvalue weighted by Crippen LogP contribution is 2.26. The smallest absolute Gasteiger partial charge is 0.0702 e. The molecule has 0 aromatic heterocycles. The Morgan fingerprint density at radius 1 is 0.750 bits per heavy atom. The molecule has 3 rings (SSSR count). The number of anilines is 1. The Bertz CT molecular complexity index is 727. The summed E-state index contributed by atoms with van der Waals surface area (Å²) in [6, 6.07) is 27.2. The number of nitrogens with zero attached hydrogens (tertiary/aromatic N) is 1. The lowest BCUT2D eigenvalue weighted by Crippen LogP contribution is -2.23. The van der Waals surface area contributed by atoms with Gasteiger partial charge in [0.25, 0.3) is 0 Å². The number of aryl methyl sites for hydroxylation is 1. The van der Waals surface area contributed by atoms with E-state index in [0.717, 1.165) is 24.3 Å². The van der Waals surface area contributed by atoms with E-state index in [1.807, 2.05) is 12.1 Å². The highest BCUT2D eigenvalue weighted by molar-refractivity contribution is 5.55. The van der Waals surface area contributed by atoms with Crippen molar-refractivity contribution >= 4 is 5.69 Å². The van der Waals surface area contributed by atoms with E-state index in [4.69, 9.17) is 0 Å². The molecule has 3 aromatic carbocycles. The summed E-state index contributed by atoms with van der Waals surface area (Å²) in [5.74, 6) is 0. The number of hydrogen-bond donors (Lipinski definition) is 1. The molecule has 0 saturated heterocycles. The van der Waals surface area contributed by atoms with Crippen molar-refractivity contribution < 1.29 is 5.11 Å². The molecule has 0 fully saturated rings. The lowest BCUT2D eigenvalue weighted by molar-refractivity contribution is 0.282. The maximum Gasteiger partial charge on any atom is 0.0702 e. The van der Waals surface area contributed by atoms with Gasteiger partial charge in [0.05, 0.1) is 6.61 Å². The first-order valence-corrected chi connectivity index (χ1v) is 8.29. The van der Waals surface area contributed by atoms with Crippen LogP contribution in [0.1, 0.15) is 22.3 Å². The molecule has 122 valence electrons. The van der Waals surface area contributed by atoms with Crippen LogP contribution in [0.2, 0.25) is 0 Å². The van der Waals surface area contributed by atoms with Crippen LogP contribution in [0.15, 0.2) is 78.9 Å². The van der Waals surface area contributed by atoms with Crippen LogP contribution in [0.25, 0.3) is 0 Å². The van der Waals surface area contributed by atoms with Gasteiger partial charge in [0.1, 0.15) is 0 Å². The van der Waals surface area contributed by atoms with Crippen molar-refractivity contribution in [3.63, 3.8) is 0 Å². The van der Waals surface area contributed by atoms with E-state index in [-0.39, 0.29) is 6.61 Å². The van der Waals surface area contributed by atoms with Crippen LogP contribution in [-0.2, 0) is 19.7 Å². The Hall–Kier alpha value is -2.58. The van der Waals surface area contributed by atoms with Crippen molar-refractivity contribution in [2.45, 2.75) is 26.6 Å². The second kappa shape index (κ2) is 7.80. The number of rotatable bonds is 6. The average Bonchev–Trinajstić information content (AvgIpc) is 2.63. The quantitative estimate of drug-likeness (QED) is 0.712.